The van der Waals surface area contributed by atoms with E-state index in [1.165, 1.54) is 12.8 Å². The lowest BCUT2D eigenvalue weighted by Gasteiger charge is -2.26. The molecular weight excluding hydrogens is 304 g/mol. The van der Waals surface area contributed by atoms with Crippen molar-refractivity contribution in [1.82, 2.24) is 19.8 Å². The van der Waals surface area contributed by atoms with Gasteiger partial charge in [0.1, 0.15) is 0 Å². The third-order valence-electron chi connectivity index (χ3n) is 5.15. The van der Waals surface area contributed by atoms with Gasteiger partial charge in [-0.05, 0) is 38.0 Å². The molecule has 1 aliphatic carbocycles. The minimum absolute atomic E-state index is 0.0306. The summed E-state index contributed by atoms with van der Waals surface area (Å²) in [6, 6.07) is 5.83. The van der Waals surface area contributed by atoms with E-state index >= 15 is 0 Å². The van der Waals surface area contributed by atoms with Gasteiger partial charge in [0.15, 0.2) is 5.82 Å². The number of carbonyl (C=O) groups is 2. The Balaban J connectivity index is 1.64. The number of fused-ring (bicyclic) bond motifs is 3. The number of carbonyl (C=O) groups excluding carboxylic acids is 2. The van der Waals surface area contributed by atoms with Gasteiger partial charge in [0.05, 0.1) is 11.0 Å². The molecule has 1 fully saturated rings. The maximum atomic E-state index is 12.4. The first-order valence-corrected chi connectivity index (χ1v) is 8.78. The molecule has 0 saturated heterocycles. The summed E-state index contributed by atoms with van der Waals surface area (Å²) in [6.07, 6.45) is 4.50. The fourth-order valence-electron chi connectivity index (χ4n) is 3.76. The van der Waals surface area contributed by atoms with E-state index in [1.54, 1.807) is 11.0 Å². The second-order valence-corrected chi connectivity index (χ2v) is 6.63. The van der Waals surface area contributed by atoms with Crippen molar-refractivity contribution in [3.05, 3.63) is 29.6 Å². The van der Waals surface area contributed by atoms with E-state index in [-0.39, 0.29) is 11.8 Å². The highest BCUT2D eigenvalue weighted by Crippen LogP contribution is 2.23. The smallest absolute Gasteiger partial charge is 0.289 e. The zero-order chi connectivity index (χ0) is 16.7. The predicted molar refractivity (Wildman–Crippen MR) is 91.0 cm³/mol. The van der Waals surface area contributed by atoms with Crippen LogP contribution in [0.1, 0.15) is 53.6 Å². The molecule has 126 valence electrons. The Kier molecular flexibility index (Phi) is 3.75. The molecule has 1 aromatic heterocycles. The molecule has 0 unspecified atom stereocenters. The predicted octanol–water partition coefficient (Wildman–Crippen LogP) is 2.18. The molecule has 2 amide bonds. The van der Waals surface area contributed by atoms with Crippen molar-refractivity contribution in [2.45, 2.75) is 45.2 Å². The number of nitrogens with zero attached hydrogens (tertiary/aromatic N) is 3. The summed E-state index contributed by atoms with van der Waals surface area (Å²) in [5, 5.41) is 3.10. The largest absolute Gasteiger partial charge is 0.349 e. The lowest BCUT2D eigenvalue weighted by Crippen LogP contribution is -2.40. The van der Waals surface area contributed by atoms with Crippen molar-refractivity contribution in [2.24, 2.45) is 0 Å². The molecule has 4 rings (SSSR count). The number of likely N-dealkylation sites (N-methyl/N-ethyl adjacent to an activating group) is 1. The highest BCUT2D eigenvalue weighted by atomic mass is 16.2. The van der Waals surface area contributed by atoms with Crippen LogP contribution in [0.15, 0.2) is 18.2 Å². The molecule has 1 aromatic carbocycles. The molecule has 6 nitrogen and oxygen atoms in total. The average molecular weight is 326 g/mol. The van der Waals surface area contributed by atoms with Gasteiger partial charge in [-0.15, -0.1) is 0 Å². The summed E-state index contributed by atoms with van der Waals surface area (Å²) < 4.78 is 1.96. The molecule has 0 bridgehead atoms. The van der Waals surface area contributed by atoms with Crippen LogP contribution in [0.5, 0.6) is 0 Å². The normalized spacial score (nSPS) is 18.2. The third-order valence-corrected chi connectivity index (χ3v) is 5.15. The fourth-order valence-corrected chi connectivity index (χ4v) is 3.76. The molecule has 1 aliphatic heterocycles. The van der Waals surface area contributed by atoms with E-state index in [4.69, 9.17) is 0 Å². The van der Waals surface area contributed by atoms with E-state index in [2.05, 4.69) is 10.3 Å². The van der Waals surface area contributed by atoms with E-state index in [0.717, 1.165) is 30.4 Å². The summed E-state index contributed by atoms with van der Waals surface area (Å²) in [7, 11) is 0. The summed E-state index contributed by atoms with van der Waals surface area (Å²) in [5.74, 6) is 0.402. The minimum atomic E-state index is -0.0451. The number of nitrogens with one attached hydrogen (secondary N) is 1. The minimum Gasteiger partial charge on any atom is -0.349 e. The van der Waals surface area contributed by atoms with Crippen molar-refractivity contribution in [1.29, 1.82) is 0 Å². The third kappa shape index (κ3) is 2.46. The molecule has 1 N–H and O–H groups in total. The first-order chi connectivity index (χ1) is 11.7. The highest BCUT2D eigenvalue weighted by Gasteiger charge is 2.27. The summed E-state index contributed by atoms with van der Waals surface area (Å²) >= 11 is 0. The Bertz CT molecular complexity index is 805. The maximum Gasteiger partial charge on any atom is 0.289 e. The van der Waals surface area contributed by atoms with Gasteiger partial charge in [-0.1, -0.05) is 12.8 Å². The van der Waals surface area contributed by atoms with Gasteiger partial charge in [0.25, 0.3) is 11.8 Å². The number of imidazole rings is 1. The first kappa shape index (κ1) is 15.2. The molecule has 0 radical (unpaired) electrons. The van der Waals surface area contributed by atoms with Crippen LogP contribution in [0.25, 0.3) is 11.0 Å². The summed E-state index contributed by atoms with van der Waals surface area (Å²) in [5.41, 5.74) is 2.26. The van der Waals surface area contributed by atoms with Gasteiger partial charge < -0.3 is 14.8 Å². The van der Waals surface area contributed by atoms with Gasteiger partial charge >= 0.3 is 0 Å². The van der Waals surface area contributed by atoms with Crippen LogP contribution in [-0.2, 0) is 6.54 Å². The standard InChI is InChI=1S/C18H22N4O2/c1-2-21-9-10-22-15-8-7-12(11-14(15)20-16(22)18(21)24)17(23)19-13-5-3-4-6-13/h7-8,11,13H,2-6,9-10H2,1H3,(H,19,23). The highest BCUT2D eigenvalue weighted by molar-refractivity contribution is 6.00. The van der Waals surface area contributed by atoms with Crippen LogP contribution in [0.4, 0.5) is 0 Å². The van der Waals surface area contributed by atoms with E-state index in [0.29, 0.717) is 30.5 Å². The van der Waals surface area contributed by atoms with Crippen molar-refractivity contribution in [2.75, 3.05) is 13.1 Å². The van der Waals surface area contributed by atoms with E-state index < -0.39 is 0 Å². The Hall–Kier alpha value is -2.37. The fraction of sp³-hybridized carbons (Fsp3) is 0.500. The van der Waals surface area contributed by atoms with Crippen LogP contribution in [0.3, 0.4) is 0 Å². The number of hydrogen-bond acceptors (Lipinski definition) is 3. The quantitative estimate of drug-likeness (QED) is 0.940. The molecule has 6 heteroatoms. The van der Waals surface area contributed by atoms with Crippen molar-refractivity contribution in [3.63, 3.8) is 0 Å². The van der Waals surface area contributed by atoms with Gasteiger partial charge in [0.2, 0.25) is 0 Å². The molecule has 1 saturated carbocycles. The van der Waals surface area contributed by atoms with Gasteiger partial charge in [0, 0.05) is 31.2 Å². The zero-order valence-electron chi connectivity index (χ0n) is 13.9. The molecule has 0 spiro atoms. The van der Waals surface area contributed by atoms with Crippen LogP contribution >= 0.6 is 0 Å². The van der Waals surface area contributed by atoms with Gasteiger partial charge in [-0.2, -0.15) is 0 Å². The molecule has 0 atom stereocenters. The lowest BCUT2D eigenvalue weighted by atomic mass is 10.1. The van der Waals surface area contributed by atoms with Gasteiger partial charge in [-0.3, -0.25) is 9.59 Å². The van der Waals surface area contributed by atoms with Crippen molar-refractivity contribution in [3.8, 4) is 0 Å². The summed E-state index contributed by atoms with van der Waals surface area (Å²) in [6.45, 7) is 4.12. The molecule has 2 aromatic rings. The zero-order valence-corrected chi connectivity index (χ0v) is 13.9. The Morgan fingerprint density at radius 2 is 2.08 bits per heavy atom. The van der Waals surface area contributed by atoms with E-state index in [1.807, 2.05) is 23.6 Å². The van der Waals surface area contributed by atoms with Crippen molar-refractivity contribution < 1.29 is 9.59 Å². The number of hydrogen-bond donors (Lipinski definition) is 1. The second-order valence-electron chi connectivity index (χ2n) is 6.63. The molecule has 2 aliphatic rings. The molecular formula is C18H22N4O2. The average Bonchev–Trinajstić information content (AvgIpc) is 3.22. The first-order valence-electron chi connectivity index (χ1n) is 8.78. The Labute approximate surface area is 140 Å². The van der Waals surface area contributed by atoms with Crippen LogP contribution in [-0.4, -0.2) is 45.4 Å². The monoisotopic (exact) mass is 326 g/mol. The number of benzene rings is 1. The van der Waals surface area contributed by atoms with Crippen molar-refractivity contribution >= 4 is 22.8 Å². The topological polar surface area (TPSA) is 67.2 Å². The van der Waals surface area contributed by atoms with Crippen LogP contribution in [0.2, 0.25) is 0 Å². The molecule has 24 heavy (non-hydrogen) atoms. The Morgan fingerprint density at radius 3 is 2.83 bits per heavy atom. The maximum absolute atomic E-state index is 12.4. The van der Waals surface area contributed by atoms with Crippen LogP contribution in [0, 0.1) is 0 Å². The Morgan fingerprint density at radius 1 is 1.29 bits per heavy atom. The number of rotatable bonds is 3. The molecule has 2 heterocycles. The summed E-state index contributed by atoms with van der Waals surface area (Å²) in [4.78, 5) is 31.2. The SMILES string of the molecule is CCN1CCn2c(nc3cc(C(=O)NC4CCCC4)ccc32)C1=O. The number of aromatic nitrogens is 2. The van der Waals surface area contributed by atoms with Gasteiger partial charge in [-0.25, -0.2) is 4.98 Å². The van der Waals surface area contributed by atoms with E-state index in [9.17, 15) is 9.59 Å². The second kappa shape index (κ2) is 5.92. The number of amides is 2. The lowest BCUT2D eigenvalue weighted by molar-refractivity contribution is 0.0709. The van der Waals surface area contributed by atoms with Crippen LogP contribution < -0.4 is 5.32 Å².